The van der Waals surface area contributed by atoms with E-state index in [0.717, 1.165) is 57.1 Å². The van der Waals surface area contributed by atoms with Gasteiger partial charge < -0.3 is 43.2 Å². The largest absolute Gasteiger partial charge is 0.462 e. The number of hydrogen-bond donors (Lipinski definition) is 1. The number of cyclic esters (lactones) is 1. The van der Waals surface area contributed by atoms with Crippen LogP contribution in [0.25, 0.3) is 0 Å². The van der Waals surface area contributed by atoms with Crippen LogP contribution in [0, 0.1) is 35.5 Å². The molecule has 3 heterocycles. The second kappa shape index (κ2) is 17.8. The van der Waals surface area contributed by atoms with Crippen LogP contribution in [0.3, 0.4) is 0 Å². The fraction of sp³-hybridized carbons (Fsp3) is 0.854. The molecule has 3 saturated heterocycles. The molecule has 52 heavy (non-hydrogen) atoms. The second-order valence-corrected chi connectivity index (χ2v) is 16.1. The lowest BCUT2D eigenvalue weighted by Gasteiger charge is -2.44. The Morgan fingerprint density at radius 1 is 0.827 bits per heavy atom. The summed E-state index contributed by atoms with van der Waals surface area (Å²) in [4.78, 5) is 28.1. The zero-order valence-corrected chi connectivity index (χ0v) is 32.7. The molecule has 0 aromatic rings. The topological polar surface area (TPSA) is 120 Å². The molecule has 0 aromatic carbocycles. The Morgan fingerprint density at radius 3 is 2.29 bits per heavy atom. The van der Waals surface area contributed by atoms with Gasteiger partial charge in [-0.15, -0.1) is 0 Å². The summed E-state index contributed by atoms with van der Waals surface area (Å²) >= 11 is 0. The summed E-state index contributed by atoms with van der Waals surface area (Å²) in [7, 11) is 4.97. The Bertz CT molecular complexity index is 1270. The third kappa shape index (κ3) is 8.42. The Morgan fingerprint density at radius 2 is 1.60 bits per heavy atom. The van der Waals surface area contributed by atoms with Crippen LogP contribution >= 0.6 is 0 Å². The molecule has 11 nitrogen and oxygen atoms in total. The summed E-state index contributed by atoms with van der Waals surface area (Å²) in [6.07, 6.45) is 10.8. The Hall–Kier alpha value is -1.70. The number of esters is 1. The number of allylic oxidation sites excluding steroid dienone is 4. The molecule has 0 amide bonds. The van der Waals surface area contributed by atoms with E-state index in [1.54, 1.807) is 21.3 Å². The van der Waals surface area contributed by atoms with Crippen molar-refractivity contribution in [2.24, 2.45) is 35.5 Å². The first-order valence-electron chi connectivity index (χ1n) is 20.2. The summed E-state index contributed by atoms with van der Waals surface area (Å²) in [5.74, 6) is 0.0191. The third-order valence-electron chi connectivity index (χ3n) is 13.1. The number of likely N-dealkylation sites (N-methyl/N-ethyl adjacent to an activating group) is 1. The molecule has 0 aromatic heterocycles. The van der Waals surface area contributed by atoms with Crippen LogP contribution < -0.4 is 5.32 Å². The number of fused-ring (bicyclic) bond motifs is 5. The zero-order valence-electron chi connectivity index (χ0n) is 32.7. The fourth-order valence-corrected chi connectivity index (χ4v) is 10.3. The number of rotatable bonds is 10. The summed E-state index contributed by atoms with van der Waals surface area (Å²) in [6, 6.07) is 0.302. The van der Waals surface area contributed by atoms with Gasteiger partial charge in [0, 0.05) is 39.2 Å². The highest BCUT2D eigenvalue weighted by molar-refractivity contribution is 5.99. The first-order chi connectivity index (χ1) is 25.1. The Balaban J connectivity index is 1.20. The number of hydrogen-bond acceptors (Lipinski definition) is 11. The van der Waals surface area contributed by atoms with Crippen molar-refractivity contribution in [1.82, 2.24) is 5.32 Å². The van der Waals surface area contributed by atoms with Gasteiger partial charge in [-0.25, -0.2) is 0 Å². The minimum atomic E-state index is -0.594. The van der Waals surface area contributed by atoms with E-state index in [9.17, 15) is 9.59 Å². The smallest absolute Gasteiger partial charge is 0.306 e. The van der Waals surface area contributed by atoms with Crippen molar-refractivity contribution in [2.45, 2.75) is 160 Å². The van der Waals surface area contributed by atoms with Crippen molar-refractivity contribution in [1.29, 1.82) is 0 Å². The summed E-state index contributed by atoms with van der Waals surface area (Å²) in [5.41, 5.74) is 0.763. The average molecular weight is 732 g/mol. The van der Waals surface area contributed by atoms with Gasteiger partial charge >= 0.3 is 5.97 Å². The predicted molar refractivity (Wildman–Crippen MR) is 194 cm³/mol. The fourth-order valence-electron chi connectivity index (χ4n) is 10.3. The number of Topliss-reactive ketones (excluding diaryl/α,β-unsaturated/α-hetero) is 1. The van der Waals surface area contributed by atoms with Gasteiger partial charge in [0.05, 0.1) is 30.8 Å². The Kier molecular flexibility index (Phi) is 13.7. The van der Waals surface area contributed by atoms with E-state index in [4.69, 9.17) is 37.9 Å². The van der Waals surface area contributed by atoms with E-state index in [2.05, 4.69) is 44.3 Å². The zero-order chi connectivity index (χ0) is 37.1. The van der Waals surface area contributed by atoms with E-state index >= 15 is 0 Å². The molecule has 3 aliphatic carbocycles. The highest BCUT2D eigenvalue weighted by atomic mass is 16.7. The van der Waals surface area contributed by atoms with E-state index in [0.29, 0.717) is 18.4 Å². The average Bonchev–Trinajstić information content (AvgIpc) is 3.71. The SMILES string of the molecule is CCN[C@@H]1CC[C@@H](O[C@@H]2CCC[C@H](CC)OC(=O)C[C@@H]3C(=C[C@H]4[C@@H]3C=C[C@H]3C[C@@H](O[C@H]5O[C@@H](C)[C@H](OC)[C@@H](OC)[C@@H]5OC)C[C@H]43)C(=O)[C@H]2C)O[C@H]1C. The second-order valence-electron chi connectivity index (χ2n) is 16.1. The van der Waals surface area contributed by atoms with Gasteiger partial charge in [-0.2, -0.15) is 0 Å². The van der Waals surface area contributed by atoms with Gasteiger partial charge in [-0.1, -0.05) is 39.0 Å². The quantitative estimate of drug-likeness (QED) is 0.226. The van der Waals surface area contributed by atoms with Crippen LogP contribution in [0.4, 0.5) is 0 Å². The molecule has 0 spiro atoms. The molecule has 6 rings (SSSR count). The number of methoxy groups -OCH3 is 3. The first kappa shape index (κ1) is 40.0. The highest BCUT2D eigenvalue weighted by Gasteiger charge is 2.52. The van der Waals surface area contributed by atoms with Crippen LogP contribution in [0.15, 0.2) is 23.8 Å². The summed E-state index contributed by atoms with van der Waals surface area (Å²) in [5, 5.41) is 3.52. The van der Waals surface area contributed by atoms with Crippen LogP contribution in [-0.4, -0.2) is 107 Å². The maximum Gasteiger partial charge on any atom is 0.306 e. The monoisotopic (exact) mass is 731 g/mol. The van der Waals surface area contributed by atoms with E-state index in [1.165, 1.54) is 0 Å². The van der Waals surface area contributed by atoms with Gasteiger partial charge in [0.25, 0.3) is 0 Å². The summed E-state index contributed by atoms with van der Waals surface area (Å²) < 4.78 is 49.5. The minimum Gasteiger partial charge on any atom is -0.462 e. The molecular formula is C41H65NO10. The minimum absolute atomic E-state index is 0.0287. The molecule has 0 radical (unpaired) electrons. The van der Waals surface area contributed by atoms with Crippen LogP contribution in [0.5, 0.6) is 0 Å². The maximum absolute atomic E-state index is 14.6. The predicted octanol–water partition coefficient (Wildman–Crippen LogP) is 5.54. The van der Waals surface area contributed by atoms with E-state index in [-0.39, 0.29) is 96.8 Å². The standard InChI is InChI=1S/C41H65NO10/c1-9-26-12-11-13-34(52-36-17-16-33(42-10-2)23(4)48-36)22(3)37(44)32-20-30-28(31(32)21-35(43)50-26)15-14-25-18-27(19-29(25)30)51-41-40(47-8)39(46-7)38(45-6)24(5)49-41/h14-15,20,22-31,33-34,36,38-42H,9-13,16-19,21H2,1-8H3/t22-,23-,24-,25-,26-,27+,28-,29-,30-,31-,33+,34+,36+,38-,39+,40-,41+/m0/s1. The summed E-state index contributed by atoms with van der Waals surface area (Å²) in [6.45, 7) is 11.2. The Labute approximate surface area is 311 Å². The number of carbonyl (C=O) groups is 2. The molecule has 1 saturated carbocycles. The van der Waals surface area contributed by atoms with Crippen molar-refractivity contribution >= 4 is 11.8 Å². The molecule has 0 bridgehead atoms. The number of carbonyl (C=O) groups excluding carboxylic acids is 2. The van der Waals surface area contributed by atoms with E-state index in [1.807, 2.05) is 13.8 Å². The normalized spacial score (nSPS) is 45.6. The van der Waals surface area contributed by atoms with Gasteiger partial charge in [0.2, 0.25) is 0 Å². The lowest BCUT2D eigenvalue weighted by Crippen LogP contribution is -2.59. The van der Waals surface area contributed by atoms with Crippen LogP contribution in [0.1, 0.15) is 92.4 Å². The van der Waals surface area contributed by atoms with Crippen molar-refractivity contribution in [2.75, 3.05) is 27.9 Å². The third-order valence-corrected chi connectivity index (χ3v) is 13.1. The van der Waals surface area contributed by atoms with Crippen molar-refractivity contribution < 1.29 is 47.5 Å². The number of ketones is 1. The molecule has 17 atom stereocenters. The van der Waals surface area contributed by atoms with Gasteiger partial charge in [0.1, 0.15) is 24.4 Å². The molecule has 11 heteroatoms. The first-order valence-corrected chi connectivity index (χ1v) is 20.2. The van der Waals surface area contributed by atoms with Crippen LogP contribution in [0.2, 0.25) is 0 Å². The molecule has 4 fully saturated rings. The molecule has 294 valence electrons. The van der Waals surface area contributed by atoms with Crippen LogP contribution in [-0.2, 0) is 47.5 Å². The number of ether oxygens (including phenoxy) is 8. The lowest BCUT2D eigenvalue weighted by molar-refractivity contribution is -0.314. The molecular weight excluding hydrogens is 666 g/mol. The molecule has 1 N–H and O–H groups in total. The molecule has 6 aliphatic rings. The van der Waals surface area contributed by atoms with Crippen molar-refractivity contribution in [3.63, 3.8) is 0 Å². The number of nitrogens with one attached hydrogen (secondary N) is 1. The lowest BCUT2D eigenvalue weighted by atomic mass is 9.70. The molecule has 0 unspecified atom stereocenters. The van der Waals surface area contributed by atoms with Gasteiger partial charge in [0.15, 0.2) is 18.4 Å². The van der Waals surface area contributed by atoms with Gasteiger partial charge in [-0.05, 0) is 101 Å². The molecule has 3 aliphatic heterocycles. The van der Waals surface area contributed by atoms with Crippen molar-refractivity contribution in [3.05, 3.63) is 23.8 Å². The van der Waals surface area contributed by atoms with Gasteiger partial charge in [-0.3, -0.25) is 9.59 Å². The van der Waals surface area contributed by atoms with E-state index < -0.39 is 12.4 Å². The maximum atomic E-state index is 14.6. The van der Waals surface area contributed by atoms with Crippen molar-refractivity contribution in [3.8, 4) is 0 Å². The highest BCUT2D eigenvalue weighted by Crippen LogP contribution is 2.54.